The Kier molecular flexibility index (Phi) is 5.15. The van der Waals surface area contributed by atoms with Crippen LogP contribution < -0.4 is 10.6 Å². The van der Waals surface area contributed by atoms with Crippen LogP contribution in [-0.4, -0.2) is 37.2 Å². The Bertz CT molecular complexity index is 419. The normalized spacial score (nSPS) is 14.2. The van der Waals surface area contributed by atoms with E-state index in [1.165, 1.54) is 12.8 Å². The average molecular weight is 263 g/mol. The fourth-order valence-corrected chi connectivity index (χ4v) is 1.76. The van der Waals surface area contributed by atoms with Crippen molar-refractivity contribution in [2.24, 2.45) is 5.92 Å². The molecule has 5 heteroatoms. The van der Waals surface area contributed by atoms with E-state index in [2.05, 4.69) is 15.6 Å². The number of amides is 1. The van der Waals surface area contributed by atoms with Crippen molar-refractivity contribution in [3.05, 3.63) is 23.9 Å². The van der Waals surface area contributed by atoms with Gasteiger partial charge in [0.1, 0.15) is 5.82 Å². The lowest BCUT2D eigenvalue weighted by molar-refractivity contribution is 0.0907. The number of pyridine rings is 1. The summed E-state index contributed by atoms with van der Waals surface area (Å²) < 4.78 is 5.48. The predicted octanol–water partition coefficient (Wildman–Crippen LogP) is 1.67. The van der Waals surface area contributed by atoms with E-state index < -0.39 is 0 Å². The van der Waals surface area contributed by atoms with Gasteiger partial charge in [0.05, 0.1) is 12.2 Å². The van der Waals surface area contributed by atoms with Gasteiger partial charge in [-0.2, -0.15) is 0 Å². The molecule has 1 aromatic heterocycles. The Morgan fingerprint density at radius 2 is 2.37 bits per heavy atom. The molecule has 0 saturated heterocycles. The molecule has 1 fully saturated rings. The zero-order valence-corrected chi connectivity index (χ0v) is 11.3. The van der Waals surface area contributed by atoms with E-state index in [0.717, 1.165) is 19.1 Å². The van der Waals surface area contributed by atoms with Gasteiger partial charge in [-0.25, -0.2) is 4.98 Å². The van der Waals surface area contributed by atoms with Crippen molar-refractivity contribution >= 4 is 11.7 Å². The lowest BCUT2D eigenvalue weighted by Gasteiger charge is -2.10. The summed E-state index contributed by atoms with van der Waals surface area (Å²) in [6.07, 6.45) is 4.25. The second-order valence-corrected chi connectivity index (χ2v) is 4.70. The molecule has 1 aliphatic rings. The molecule has 0 aromatic carbocycles. The van der Waals surface area contributed by atoms with Gasteiger partial charge in [0.25, 0.3) is 5.91 Å². The number of nitrogens with zero attached hydrogens (tertiary/aromatic N) is 1. The minimum atomic E-state index is -0.112. The van der Waals surface area contributed by atoms with Crippen molar-refractivity contribution in [2.75, 3.05) is 31.6 Å². The molecule has 104 valence electrons. The van der Waals surface area contributed by atoms with Crippen LogP contribution in [-0.2, 0) is 4.74 Å². The maximum atomic E-state index is 12.0. The number of carbonyl (C=O) groups excluding carboxylic acids is 1. The van der Waals surface area contributed by atoms with Crippen molar-refractivity contribution in [2.45, 2.75) is 19.8 Å². The van der Waals surface area contributed by atoms with Gasteiger partial charge in [0.2, 0.25) is 0 Å². The van der Waals surface area contributed by atoms with E-state index >= 15 is 0 Å². The van der Waals surface area contributed by atoms with Crippen LogP contribution in [0, 0.1) is 5.92 Å². The van der Waals surface area contributed by atoms with Gasteiger partial charge in [-0.3, -0.25) is 4.79 Å². The highest BCUT2D eigenvalue weighted by atomic mass is 16.5. The summed E-state index contributed by atoms with van der Waals surface area (Å²) in [5, 5.41) is 5.93. The first kappa shape index (κ1) is 13.8. The van der Waals surface area contributed by atoms with Gasteiger partial charge in [-0.1, -0.05) is 0 Å². The van der Waals surface area contributed by atoms with Crippen LogP contribution in [0.4, 0.5) is 5.82 Å². The zero-order chi connectivity index (χ0) is 13.5. The molecule has 0 unspecified atom stereocenters. The molecular formula is C14H21N3O2. The molecule has 2 N–H and O–H groups in total. The summed E-state index contributed by atoms with van der Waals surface area (Å²) in [6.45, 7) is 4.64. The minimum absolute atomic E-state index is 0.112. The van der Waals surface area contributed by atoms with Gasteiger partial charge in [0, 0.05) is 25.9 Å². The van der Waals surface area contributed by atoms with Crippen LogP contribution >= 0.6 is 0 Å². The first-order valence-corrected chi connectivity index (χ1v) is 6.86. The molecule has 0 atom stereocenters. The number of ether oxygens (including phenoxy) is 1. The van der Waals surface area contributed by atoms with Crippen LogP contribution in [0.2, 0.25) is 0 Å². The van der Waals surface area contributed by atoms with Crippen molar-refractivity contribution in [1.82, 2.24) is 10.3 Å². The second kappa shape index (κ2) is 7.09. The Balaban J connectivity index is 1.74. The molecule has 1 heterocycles. The van der Waals surface area contributed by atoms with Crippen LogP contribution in [0.15, 0.2) is 18.3 Å². The highest BCUT2D eigenvalue weighted by Crippen LogP contribution is 2.28. The first-order chi connectivity index (χ1) is 9.31. The molecule has 0 bridgehead atoms. The molecule has 2 rings (SSSR count). The van der Waals surface area contributed by atoms with E-state index in [9.17, 15) is 4.79 Å². The highest BCUT2D eigenvalue weighted by molar-refractivity contribution is 5.98. The van der Waals surface area contributed by atoms with Crippen LogP contribution in [0.5, 0.6) is 0 Å². The highest BCUT2D eigenvalue weighted by Gasteiger charge is 2.20. The standard InChI is InChI=1S/C14H21N3O2/c1-2-15-13-12(4-3-7-16-13)14(18)17-8-9-19-10-11-5-6-11/h3-4,7,11H,2,5-6,8-10H2,1H3,(H,15,16)(H,17,18). The quantitative estimate of drug-likeness (QED) is 0.700. The third-order valence-corrected chi connectivity index (χ3v) is 2.98. The molecule has 0 radical (unpaired) electrons. The van der Waals surface area contributed by atoms with E-state index in [1.54, 1.807) is 18.3 Å². The molecule has 1 saturated carbocycles. The fraction of sp³-hybridized carbons (Fsp3) is 0.571. The third-order valence-electron chi connectivity index (χ3n) is 2.98. The third kappa shape index (κ3) is 4.52. The summed E-state index contributed by atoms with van der Waals surface area (Å²) >= 11 is 0. The van der Waals surface area contributed by atoms with E-state index in [4.69, 9.17) is 4.74 Å². The molecule has 1 aliphatic carbocycles. The first-order valence-electron chi connectivity index (χ1n) is 6.86. The van der Waals surface area contributed by atoms with Crippen molar-refractivity contribution < 1.29 is 9.53 Å². The lowest BCUT2D eigenvalue weighted by atomic mass is 10.2. The molecule has 5 nitrogen and oxygen atoms in total. The van der Waals surface area contributed by atoms with E-state index in [1.807, 2.05) is 6.92 Å². The summed E-state index contributed by atoms with van der Waals surface area (Å²) in [7, 11) is 0. The van der Waals surface area contributed by atoms with Gasteiger partial charge in [0.15, 0.2) is 0 Å². The molecular weight excluding hydrogens is 242 g/mol. The Morgan fingerprint density at radius 3 is 3.11 bits per heavy atom. The molecule has 19 heavy (non-hydrogen) atoms. The molecule has 0 spiro atoms. The van der Waals surface area contributed by atoms with Crippen LogP contribution in [0.25, 0.3) is 0 Å². The monoisotopic (exact) mass is 263 g/mol. The maximum Gasteiger partial charge on any atom is 0.255 e. The SMILES string of the molecule is CCNc1ncccc1C(=O)NCCOCC1CC1. The van der Waals surface area contributed by atoms with Gasteiger partial charge >= 0.3 is 0 Å². The Morgan fingerprint density at radius 1 is 1.53 bits per heavy atom. The van der Waals surface area contributed by atoms with Gasteiger partial charge < -0.3 is 15.4 Å². The van der Waals surface area contributed by atoms with Crippen molar-refractivity contribution in [1.29, 1.82) is 0 Å². The summed E-state index contributed by atoms with van der Waals surface area (Å²) in [6, 6.07) is 3.53. The number of rotatable bonds is 8. The minimum Gasteiger partial charge on any atom is -0.379 e. The molecule has 0 aliphatic heterocycles. The number of hydrogen-bond donors (Lipinski definition) is 2. The number of hydrogen-bond acceptors (Lipinski definition) is 4. The zero-order valence-electron chi connectivity index (χ0n) is 11.3. The van der Waals surface area contributed by atoms with Crippen LogP contribution in [0.1, 0.15) is 30.1 Å². The fourth-order valence-electron chi connectivity index (χ4n) is 1.76. The lowest BCUT2D eigenvalue weighted by Crippen LogP contribution is -2.28. The van der Waals surface area contributed by atoms with Crippen molar-refractivity contribution in [3.8, 4) is 0 Å². The molecule has 1 aromatic rings. The molecule has 1 amide bonds. The summed E-state index contributed by atoms with van der Waals surface area (Å²) in [5.41, 5.74) is 0.576. The van der Waals surface area contributed by atoms with E-state index in [-0.39, 0.29) is 5.91 Å². The number of aromatic nitrogens is 1. The maximum absolute atomic E-state index is 12.0. The van der Waals surface area contributed by atoms with Crippen molar-refractivity contribution in [3.63, 3.8) is 0 Å². The number of anilines is 1. The topological polar surface area (TPSA) is 63.2 Å². The second-order valence-electron chi connectivity index (χ2n) is 4.70. The number of carbonyl (C=O) groups is 1. The number of nitrogens with one attached hydrogen (secondary N) is 2. The average Bonchev–Trinajstić information content (AvgIpc) is 3.23. The summed E-state index contributed by atoms with van der Waals surface area (Å²) in [5.74, 6) is 1.27. The predicted molar refractivity (Wildman–Crippen MR) is 74.3 cm³/mol. The largest absolute Gasteiger partial charge is 0.379 e. The van der Waals surface area contributed by atoms with Gasteiger partial charge in [-0.15, -0.1) is 0 Å². The smallest absolute Gasteiger partial charge is 0.255 e. The van der Waals surface area contributed by atoms with Crippen LogP contribution in [0.3, 0.4) is 0 Å². The summed E-state index contributed by atoms with van der Waals surface area (Å²) in [4.78, 5) is 16.2. The Hall–Kier alpha value is -1.62. The van der Waals surface area contributed by atoms with Gasteiger partial charge in [-0.05, 0) is 37.8 Å². The Labute approximate surface area is 113 Å². The van der Waals surface area contributed by atoms with E-state index in [0.29, 0.717) is 24.5 Å².